The second-order valence-corrected chi connectivity index (χ2v) is 19.5. The molecule has 404 valence electrons. The molecule has 0 saturated heterocycles. The van der Waals surface area contributed by atoms with Crippen molar-refractivity contribution < 1.29 is 42.9 Å². The topological polar surface area (TPSA) is 111 Å². The summed E-state index contributed by atoms with van der Waals surface area (Å²) >= 11 is 0. The van der Waals surface area contributed by atoms with Crippen LogP contribution in [-0.4, -0.2) is 82.3 Å². The van der Waals surface area contributed by atoms with Crippen LogP contribution in [0, 0.1) is 0 Å². The van der Waals surface area contributed by atoms with E-state index in [1.807, 2.05) is 21.1 Å². The van der Waals surface area contributed by atoms with Gasteiger partial charge in [-0.15, -0.1) is 0 Å². The molecule has 71 heavy (non-hydrogen) atoms. The molecule has 0 bridgehead atoms. The van der Waals surface area contributed by atoms with Crippen LogP contribution in [0.3, 0.4) is 0 Å². The van der Waals surface area contributed by atoms with Crippen LogP contribution >= 0.6 is 0 Å². The Morgan fingerprint density at radius 1 is 0.437 bits per heavy atom. The summed E-state index contributed by atoms with van der Waals surface area (Å²) in [6.45, 7) is 4.55. The maximum absolute atomic E-state index is 12.8. The van der Waals surface area contributed by atoms with Crippen LogP contribution < -0.4 is 5.11 Å². The summed E-state index contributed by atoms with van der Waals surface area (Å²) in [5.74, 6) is -2.36. The van der Waals surface area contributed by atoms with Gasteiger partial charge in [-0.25, -0.2) is 0 Å². The molecule has 0 spiro atoms. The molecule has 0 heterocycles. The molecular formula is C62H103NO8. The minimum absolute atomic E-state index is 0.132. The van der Waals surface area contributed by atoms with E-state index in [1.165, 1.54) is 77.0 Å². The molecule has 9 nitrogen and oxygen atoms in total. The molecule has 0 rings (SSSR count). The molecule has 0 radical (unpaired) electrons. The highest BCUT2D eigenvalue weighted by atomic mass is 16.7. The van der Waals surface area contributed by atoms with E-state index in [9.17, 15) is 19.5 Å². The highest BCUT2D eigenvalue weighted by Gasteiger charge is 2.21. The van der Waals surface area contributed by atoms with Crippen LogP contribution in [0.2, 0.25) is 0 Å². The fourth-order valence-corrected chi connectivity index (χ4v) is 7.19. The Labute approximate surface area is 434 Å². The zero-order chi connectivity index (χ0) is 52.0. The lowest BCUT2D eigenvalue weighted by atomic mass is 10.1. The van der Waals surface area contributed by atoms with Gasteiger partial charge in [0.05, 0.1) is 40.3 Å². The molecule has 0 N–H and O–H groups in total. The average Bonchev–Trinajstić information content (AvgIpc) is 3.34. The Balaban J connectivity index is 4.38. The molecule has 0 aliphatic carbocycles. The standard InChI is InChI=1S/C62H103NO8/c1-6-8-10-12-14-16-18-20-22-24-26-28-29-30-31-33-34-36-38-40-42-44-46-48-50-52-59(64)69-56-58(57-70-62(61(66)67)68-55-54-63(3,4)5)71-60(65)53-51-49-47-45-43-41-39-37-35-32-27-25-23-21-19-17-15-13-11-9-7-2/h9,11,15,17-18,20-21,23-24,26-27,29-30,32,37,39,43,45,58,62H,6-8,10,12-14,16,19,22,25,28,31,33-36,38,40-42,44,46-57H2,1-5H3/b11-9-,17-15-,20-18-,23-21-,26-24-,30-29-,32-27-,39-37-,45-43-. The number of rotatable bonds is 50. The van der Waals surface area contributed by atoms with E-state index in [1.54, 1.807) is 0 Å². The van der Waals surface area contributed by atoms with Crippen LogP contribution in [-0.2, 0) is 33.3 Å². The van der Waals surface area contributed by atoms with E-state index < -0.39 is 24.3 Å². The smallest absolute Gasteiger partial charge is 0.306 e. The number of nitrogens with zero attached hydrogens (tertiary/aromatic N) is 1. The van der Waals surface area contributed by atoms with Crippen molar-refractivity contribution in [2.24, 2.45) is 0 Å². The van der Waals surface area contributed by atoms with Crippen molar-refractivity contribution >= 4 is 17.9 Å². The van der Waals surface area contributed by atoms with E-state index in [4.69, 9.17) is 18.9 Å². The molecule has 0 aliphatic heterocycles. The molecule has 0 aliphatic rings. The summed E-state index contributed by atoms with van der Waals surface area (Å²) in [5, 5.41) is 11.8. The number of aliphatic carboxylic acids is 1. The molecule has 0 amide bonds. The molecule has 0 aromatic rings. The van der Waals surface area contributed by atoms with Gasteiger partial charge in [-0.3, -0.25) is 9.59 Å². The summed E-state index contributed by atoms with van der Waals surface area (Å²) < 4.78 is 22.6. The monoisotopic (exact) mass is 990 g/mol. The number of hydrogen-bond donors (Lipinski definition) is 0. The fraction of sp³-hybridized carbons (Fsp3) is 0.661. The number of carbonyl (C=O) groups excluding carboxylic acids is 3. The molecule has 2 atom stereocenters. The van der Waals surface area contributed by atoms with Crippen LogP contribution in [0.15, 0.2) is 109 Å². The van der Waals surface area contributed by atoms with Crippen molar-refractivity contribution in [3.05, 3.63) is 109 Å². The first-order valence-electron chi connectivity index (χ1n) is 28.0. The van der Waals surface area contributed by atoms with Crippen molar-refractivity contribution in [3.8, 4) is 0 Å². The van der Waals surface area contributed by atoms with Crippen molar-refractivity contribution in [2.45, 2.75) is 219 Å². The zero-order valence-corrected chi connectivity index (χ0v) is 45.8. The Hall–Kier alpha value is -4.05. The Bertz CT molecular complexity index is 1530. The number of carbonyl (C=O) groups is 3. The lowest BCUT2D eigenvalue weighted by Crippen LogP contribution is -2.44. The summed E-state index contributed by atoms with van der Waals surface area (Å²) in [5.41, 5.74) is 0. The van der Waals surface area contributed by atoms with Gasteiger partial charge in [0, 0.05) is 12.8 Å². The third kappa shape index (κ3) is 53.6. The van der Waals surface area contributed by atoms with E-state index >= 15 is 0 Å². The SMILES string of the molecule is CC/C=C\C/C=C\C/C=C\C/C=C\C/C=C\C/C=C\CCCCC(=O)OC(COC(=O)CCCCCCCCCCCC/C=C\C/C=C\C/C=C\CCCCCCC)COC(OCC[N+](C)(C)C)C(=O)[O-]. The molecule has 0 aromatic heterocycles. The Morgan fingerprint density at radius 2 is 0.803 bits per heavy atom. The minimum atomic E-state index is -1.64. The number of quaternary nitrogens is 1. The van der Waals surface area contributed by atoms with Gasteiger partial charge in [0.25, 0.3) is 0 Å². The summed E-state index contributed by atoms with van der Waals surface area (Å²) in [7, 11) is 5.89. The van der Waals surface area contributed by atoms with Crippen LogP contribution in [0.1, 0.15) is 206 Å². The van der Waals surface area contributed by atoms with E-state index in [-0.39, 0.29) is 38.6 Å². The molecular weight excluding hydrogens is 887 g/mol. The number of carboxylic acids is 1. The van der Waals surface area contributed by atoms with Crippen molar-refractivity contribution in [2.75, 3.05) is 47.5 Å². The van der Waals surface area contributed by atoms with Gasteiger partial charge in [0.2, 0.25) is 0 Å². The van der Waals surface area contributed by atoms with Gasteiger partial charge in [0.15, 0.2) is 12.4 Å². The third-order valence-electron chi connectivity index (χ3n) is 11.5. The molecule has 0 fully saturated rings. The Kier molecular flexibility index (Phi) is 49.3. The maximum atomic E-state index is 12.8. The van der Waals surface area contributed by atoms with Gasteiger partial charge in [0.1, 0.15) is 13.2 Å². The highest BCUT2D eigenvalue weighted by molar-refractivity contribution is 5.70. The summed E-state index contributed by atoms with van der Waals surface area (Å²) in [6, 6.07) is 0. The number of likely N-dealkylation sites (N-methyl/N-ethyl adjacent to an activating group) is 1. The second-order valence-electron chi connectivity index (χ2n) is 19.5. The number of esters is 2. The first kappa shape index (κ1) is 67.0. The first-order valence-corrected chi connectivity index (χ1v) is 28.0. The van der Waals surface area contributed by atoms with Gasteiger partial charge in [-0.2, -0.15) is 0 Å². The highest BCUT2D eigenvalue weighted by Crippen LogP contribution is 2.14. The van der Waals surface area contributed by atoms with E-state index in [0.717, 1.165) is 96.3 Å². The zero-order valence-electron chi connectivity index (χ0n) is 45.8. The minimum Gasteiger partial charge on any atom is -0.545 e. The van der Waals surface area contributed by atoms with E-state index in [2.05, 4.69) is 123 Å². The van der Waals surface area contributed by atoms with Crippen molar-refractivity contribution in [3.63, 3.8) is 0 Å². The quantitative estimate of drug-likeness (QED) is 0.0195. The van der Waals surface area contributed by atoms with Gasteiger partial charge < -0.3 is 33.3 Å². The number of ether oxygens (including phenoxy) is 4. The predicted molar refractivity (Wildman–Crippen MR) is 297 cm³/mol. The lowest BCUT2D eigenvalue weighted by Gasteiger charge is -2.26. The average molecular weight is 991 g/mol. The Morgan fingerprint density at radius 3 is 1.23 bits per heavy atom. The van der Waals surface area contributed by atoms with E-state index in [0.29, 0.717) is 17.4 Å². The largest absolute Gasteiger partial charge is 0.545 e. The van der Waals surface area contributed by atoms with Gasteiger partial charge >= 0.3 is 11.9 Å². The maximum Gasteiger partial charge on any atom is 0.306 e. The molecule has 2 unspecified atom stereocenters. The third-order valence-corrected chi connectivity index (χ3v) is 11.5. The fourth-order valence-electron chi connectivity index (χ4n) is 7.19. The van der Waals surface area contributed by atoms with Crippen molar-refractivity contribution in [1.82, 2.24) is 0 Å². The molecule has 0 saturated carbocycles. The van der Waals surface area contributed by atoms with Crippen LogP contribution in [0.4, 0.5) is 0 Å². The number of unbranched alkanes of at least 4 members (excludes halogenated alkanes) is 17. The molecule has 0 aromatic carbocycles. The first-order chi connectivity index (χ1) is 34.6. The predicted octanol–water partition coefficient (Wildman–Crippen LogP) is 15.0. The lowest BCUT2D eigenvalue weighted by molar-refractivity contribution is -0.870. The van der Waals surface area contributed by atoms with Crippen LogP contribution in [0.5, 0.6) is 0 Å². The number of carboxylic acid groups (broad SMARTS) is 1. The van der Waals surface area contributed by atoms with Gasteiger partial charge in [-0.1, -0.05) is 200 Å². The summed E-state index contributed by atoms with van der Waals surface area (Å²) in [6.07, 6.45) is 68.5. The van der Waals surface area contributed by atoms with Crippen LogP contribution in [0.25, 0.3) is 0 Å². The van der Waals surface area contributed by atoms with Gasteiger partial charge in [-0.05, 0) is 103 Å². The number of allylic oxidation sites excluding steroid dienone is 18. The molecule has 9 heteroatoms. The van der Waals surface area contributed by atoms with Crippen molar-refractivity contribution in [1.29, 1.82) is 0 Å². The number of hydrogen-bond acceptors (Lipinski definition) is 8. The summed E-state index contributed by atoms with van der Waals surface area (Å²) in [4.78, 5) is 37.2. The second kappa shape index (κ2) is 52.3. The normalized spacial score (nSPS) is 13.6.